The quantitative estimate of drug-likeness (QED) is 0.698. The fourth-order valence-electron chi connectivity index (χ4n) is 1.22. The van der Waals surface area contributed by atoms with Crippen molar-refractivity contribution in [2.75, 3.05) is 6.26 Å². The zero-order valence-corrected chi connectivity index (χ0v) is 11.1. The number of hydrogen-bond acceptors (Lipinski definition) is 4. The largest absolute Gasteiger partial charge is 0.410 e. The zero-order valence-electron chi connectivity index (χ0n) is 10.2. The minimum atomic E-state index is -0.710. The monoisotopic (exact) mass is 229 g/mol. The molecule has 1 unspecified atom stereocenters. The maximum atomic E-state index is 11.5. The van der Waals surface area contributed by atoms with Gasteiger partial charge in [0.15, 0.2) is 11.4 Å². The van der Waals surface area contributed by atoms with Crippen molar-refractivity contribution in [3.63, 3.8) is 0 Å². The minimum Gasteiger partial charge on any atom is -0.410 e. The van der Waals surface area contributed by atoms with E-state index in [0.29, 0.717) is 5.90 Å². The second kappa shape index (κ2) is 3.81. The molecule has 0 bridgehead atoms. The Morgan fingerprint density at radius 3 is 2.33 bits per heavy atom. The van der Waals surface area contributed by atoms with Crippen molar-refractivity contribution in [2.45, 2.75) is 44.9 Å². The average molecular weight is 229 g/mol. The summed E-state index contributed by atoms with van der Waals surface area (Å²) in [6.45, 7) is 9.86. The van der Waals surface area contributed by atoms with Crippen LogP contribution in [-0.4, -0.2) is 28.4 Å². The first-order valence-corrected chi connectivity index (χ1v) is 6.30. The van der Waals surface area contributed by atoms with Gasteiger partial charge in [-0.25, -0.2) is 9.79 Å². The van der Waals surface area contributed by atoms with Gasteiger partial charge in [-0.15, -0.1) is 0 Å². The average Bonchev–Trinajstić information content (AvgIpc) is 2.40. The van der Waals surface area contributed by atoms with Gasteiger partial charge in [0.2, 0.25) is 0 Å². The molecule has 1 heterocycles. The lowest BCUT2D eigenvalue weighted by molar-refractivity contribution is -0.138. The summed E-state index contributed by atoms with van der Waals surface area (Å²) in [6, 6.07) is 0. The molecule has 0 amide bonds. The van der Waals surface area contributed by atoms with Crippen LogP contribution >= 0.6 is 11.8 Å². The molecule has 0 radical (unpaired) electrons. The molecule has 0 aromatic rings. The van der Waals surface area contributed by atoms with E-state index < -0.39 is 5.54 Å². The number of rotatable bonds is 3. The third-order valence-corrected chi connectivity index (χ3v) is 4.43. The van der Waals surface area contributed by atoms with E-state index in [2.05, 4.69) is 25.1 Å². The Kier molecular flexibility index (Phi) is 3.19. The molecule has 15 heavy (non-hydrogen) atoms. The molecule has 1 aliphatic rings. The first kappa shape index (κ1) is 12.6. The summed E-state index contributed by atoms with van der Waals surface area (Å²) < 4.78 is 5.25. The molecule has 0 aliphatic carbocycles. The van der Waals surface area contributed by atoms with Gasteiger partial charge in [0.05, 0.1) is 0 Å². The van der Waals surface area contributed by atoms with Crippen LogP contribution in [0.3, 0.4) is 0 Å². The van der Waals surface area contributed by atoms with Crippen molar-refractivity contribution in [3.8, 4) is 0 Å². The van der Waals surface area contributed by atoms with Crippen molar-refractivity contribution in [2.24, 2.45) is 10.9 Å². The summed E-state index contributed by atoms with van der Waals surface area (Å²) in [5, 5.41) is 0. The molecule has 3 nitrogen and oxygen atoms in total. The smallest absolute Gasteiger partial charge is 0.340 e. The molecule has 1 aliphatic heterocycles. The van der Waals surface area contributed by atoms with E-state index in [0.717, 1.165) is 0 Å². The molecule has 0 saturated heterocycles. The molecule has 0 N–H and O–H groups in total. The molecule has 4 heteroatoms. The Hall–Kier alpha value is -0.510. The Morgan fingerprint density at radius 2 is 2.00 bits per heavy atom. The Balaban J connectivity index is 2.89. The van der Waals surface area contributed by atoms with Gasteiger partial charge in [-0.3, -0.25) is 0 Å². The molecule has 0 aromatic heterocycles. The van der Waals surface area contributed by atoms with Gasteiger partial charge in [-0.2, -0.15) is 11.8 Å². The predicted octanol–water partition coefficient (Wildman–Crippen LogP) is 2.50. The van der Waals surface area contributed by atoms with Crippen molar-refractivity contribution >= 4 is 23.6 Å². The predicted molar refractivity (Wildman–Crippen MR) is 64.4 cm³/mol. The highest BCUT2D eigenvalue weighted by Crippen LogP contribution is 2.34. The maximum absolute atomic E-state index is 11.5. The summed E-state index contributed by atoms with van der Waals surface area (Å²) >= 11 is 1.75. The number of carbonyl (C=O) groups is 1. The van der Waals surface area contributed by atoms with Gasteiger partial charge in [-0.1, -0.05) is 6.92 Å². The van der Waals surface area contributed by atoms with Crippen LogP contribution in [0.2, 0.25) is 0 Å². The Morgan fingerprint density at radius 1 is 1.47 bits per heavy atom. The summed E-state index contributed by atoms with van der Waals surface area (Å²) in [4.78, 5) is 15.8. The van der Waals surface area contributed by atoms with Gasteiger partial charge < -0.3 is 4.74 Å². The van der Waals surface area contributed by atoms with E-state index >= 15 is 0 Å². The van der Waals surface area contributed by atoms with Crippen molar-refractivity contribution in [1.82, 2.24) is 0 Å². The minimum absolute atomic E-state index is 0.0273. The number of esters is 1. The van der Waals surface area contributed by atoms with E-state index in [1.807, 2.05) is 6.92 Å². The van der Waals surface area contributed by atoms with Crippen LogP contribution in [0.25, 0.3) is 0 Å². The molecule has 0 aromatic carbocycles. The zero-order chi connectivity index (χ0) is 11.9. The normalized spacial score (nSPS) is 22.3. The van der Waals surface area contributed by atoms with Crippen molar-refractivity contribution in [1.29, 1.82) is 0 Å². The van der Waals surface area contributed by atoms with Gasteiger partial charge >= 0.3 is 5.97 Å². The lowest BCUT2D eigenvalue weighted by Crippen LogP contribution is -2.32. The first-order valence-electron chi connectivity index (χ1n) is 5.08. The van der Waals surface area contributed by atoms with Gasteiger partial charge in [-0.05, 0) is 34.0 Å². The first-order chi connectivity index (χ1) is 6.70. The summed E-state index contributed by atoms with van der Waals surface area (Å²) in [5.41, 5.74) is -0.710. The SMILES string of the molecule is CSC(C)(C)C(C)C1=NC(C)(C)C(=O)O1. The highest BCUT2D eigenvalue weighted by Gasteiger charge is 2.42. The van der Waals surface area contributed by atoms with Gasteiger partial charge in [0.1, 0.15) is 0 Å². The van der Waals surface area contributed by atoms with Gasteiger partial charge in [0.25, 0.3) is 0 Å². The maximum Gasteiger partial charge on any atom is 0.340 e. The molecular weight excluding hydrogens is 210 g/mol. The van der Waals surface area contributed by atoms with E-state index in [-0.39, 0.29) is 16.6 Å². The number of carbonyl (C=O) groups excluding carboxylic acids is 1. The second-order valence-electron chi connectivity index (χ2n) is 4.93. The number of cyclic esters (lactones) is 1. The highest BCUT2D eigenvalue weighted by atomic mass is 32.2. The lowest BCUT2D eigenvalue weighted by atomic mass is 9.96. The van der Waals surface area contributed by atoms with E-state index in [1.54, 1.807) is 25.6 Å². The van der Waals surface area contributed by atoms with Crippen LogP contribution in [0.5, 0.6) is 0 Å². The molecule has 0 fully saturated rings. The summed E-state index contributed by atoms with van der Waals surface area (Å²) in [5.74, 6) is 0.462. The standard InChI is InChI=1S/C11H19NO2S/c1-7(11(4,5)15-6)8-12-10(2,3)9(13)14-8/h7H,1-6H3. The Labute approximate surface area is 95.7 Å². The van der Waals surface area contributed by atoms with E-state index in [4.69, 9.17) is 4.74 Å². The molecule has 1 rings (SSSR count). The summed E-state index contributed by atoms with van der Waals surface area (Å²) in [7, 11) is 0. The van der Waals surface area contributed by atoms with Crippen LogP contribution in [0, 0.1) is 5.92 Å². The Bertz CT molecular complexity index is 308. The van der Waals surface area contributed by atoms with Crippen LogP contribution < -0.4 is 0 Å². The van der Waals surface area contributed by atoms with Crippen molar-refractivity contribution < 1.29 is 9.53 Å². The number of ether oxygens (including phenoxy) is 1. The third-order valence-electron chi connectivity index (χ3n) is 3.03. The highest BCUT2D eigenvalue weighted by molar-refractivity contribution is 7.99. The van der Waals surface area contributed by atoms with Crippen LogP contribution in [0.4, 0.5) is 0 Å². The number of hydrogen-bond donors (Lipinski definition) is 0. The van der Waals surface area contributed by atoms with E-state index in [9.17, 15) is 4.79 Å². The number of nitrogens with zero attached hydrogens (tertiary/aromatic N) is 1. The molecular formula is C11H19NO2S. The van der Waals surface area contributed by atoms with E-state index in [1.165, 1.54) is 0 Å². The fourth-order valence-corrected chi connectivity index (χ4v) is 1.68. The number of thioether (sulfide) groups is 1. The van der Waals surface area contributed by atoms with Crippen LogP contribution in [-0.2, 0) is 9.53 Å². The van der Waals surface area contributed by atoms with Crippen molar-refractivity contribution in [3.05, 3.63) is 0 Å². The molecule has 1 atom stereocenters. The number of aliphatic imine (C=N–C) groups is 1. The van der Waals surface area contributed by atoms with Crippen LogP contribution in [0.15, 0.2) is 4.99 Å². The third kappa shape index (κ3) is 2.36. The van der Waals surface area contributed by atoms with Crippen LogP contribution in [0.1, 0.15) is 34.6 Å². The summed E-state index contributed by atoms with van der Waals surface area (Å²) in [6.07, 6.45) is 2.05. The molecule has 0 spiro atoms. The fraction of sp³-hybridized carbons (Fsp3) is 0.818. The molecule has 86 valence electrons. The molecule has 0 saturated carbocycles. The topological polar surface area (TPSA) is 38.7 Å². The lowest BCUT2D eigenvalue weighted by Gasteiger charge is -2.28. The van der Waals surface area contributed by atoms with Gasteiger partial charge in [0, 0.05) is 10.7 Å². The second-order valence-corrected chi connectivity index (χ2v) is 6.39.